The first-order valence-corrected chi connectivity index (χ1v) is 4.27. The molecule has 0 saturated heterocycles. The van der Waals surface area contributed by atoms with Crippen LogP contribution in [0.3, 0.4) is 0 Å². The molecule has 0 aromatic carbocycles. The molecule has 0 aliphatic rings. The second-order valence-corrected chi connectivity index (χ2v) is 2.54. The van der Waals surface area contributed by atoms with Crippen molar-refractivity contribution < 1.29 is 0 Å². The summed E-state index contributed by atoms with van der Waals surface area (Å²) in [6.07, 6.45) is 9.34. The second-order valence-electron chi connectivity index (χ2n) is 2.54. The maximum Gasteiger partial charge on any atom is 0.117 e. The number of unbranched alkanes of at least 4 members (excludes halogenated alkanes) is 1. The summed E-state index contributed by atoms with van der Waals surface area (Å²) in [5.41, 5.74) is 5.34. The van der Waals surface area contributed by atoms with Gasteiger partial charge in [0.25, 0.3) is 0 Å². The zero-order chi connectivity index (χ0) is 7.66. The van der Waals surface area contributed by atoms with E-state index in [9.17, 15) is 0 Å². The van der Waals surface area contributed by atoms with Crippen LogP contribution in [-0.4, -0.2) is 13.8 Å². The molecular weight excluding hydrogens is 121 g/mol. The third-order valence-electron chi connectivity index (χ3n) is 1.47. The molecule has 0 aromatic rings. The van der Waals surface area contributed by atoms with Crippen molar-refractivity contribution in [3.05, 3.63) is 12.2 Å². The molecule has 0 aliphatic heterocycles. The van der Waals surface area contributed by atoms with Crippen molar-refractivity contribution in [2.75, 3.05) is 6.54 Å². The Morgan fingerprint density at radius 1 is 1.30 bits per heavy atom. The zero-order valence-electron chi connectivity index (χ0n) is 6.97. The van der Waals surface area contributed by atoms with Crippen LogP contribution in [0, 0.1) is 0 Å². The summed E-state index contributed by atoms with van der Waals surface area (Å²) < 4.78 is 0. The maximum absolute atomic E-state index is 5.34. The van der Waals surface area contributed by atoms with Crippen LogP contribution in [0.25, 0.3) is 0 Å². The lowest BCUT2D eigenvalue weighted by molar-refractivity contribution is 0.852. The molecule has 0 bridgehead atoms. The SMILES string of the molecule is CBCC/C=C\CCCN. The molecule has 0 atom stereocenters. The van der Waals surface area contributed by atoms with Gasteiger partial charge in [-0.1, -0.05) is 25.3 Å². The summed E-state index contributed by atoms with van der Waals surface area (Å²) in [7, 11) is 1.29. The molecule has 2 heteroatoms. The van der Waals surface area contributed by atoms with Gasteiger partial charge in [-0.05, 0) is 25.8 Å². The summed E-state index contributed by atoms with van der Waals surface area (Å²) in [5.74, 6) is 0. The Morgan fingerprint density at radius 2 is 2.00 bits per heavy atom. The molecule has 0 saturated carbocycles. The highest BCUT2D eigenvalue weighted by Crippen LogP contribution is 1.94. The average molecular weight is 139 g/mol. The number of allylic oxidation sites excluding steroid dienone is 2. The van der Waals surface area contributed by atoms with Gasteiger partial charge in [0.05, 0.1) is 0 Å². The molecule has 0 amide bonds. The van der Waals surface area contributed by atoms with E-state index in [4.69, 9.17) is 5.73 Å². The molecule has 0 fully saturated rings. The molecule has 0 heterocycles. The first-order valence-electron chi connectivity index (χ1n) is 4.27. The van der Waals surface area contributed by atoms with Crippen molar-refractivity contribution in [2.24, 2.45) is 5.73 Å². The van der Waals surface area contributed by atoms with E-state index in [1.807, 2.05) is 0 Å². The van der Waals surface area contributed by atoms with Crippen LogP contribution < -0.4 is 5.73 Å². The van der Waals surface area contributed by atoms with Crippen LogP contribution in [-0.2, 0) is 0 Å². The molecule has 0 unspecified atom stereocenters. The van der Waals surface area contributed by atoms with E-state index in [-0.39, 0.29) is 0 Å². The van der Waals surface area contributed by atoms with Gasteiger partial charge in [-0.3, -0.25) is 0 Å². The topological polar surface area (TPSA) is 26.0 Å². The minimum atomic E-state index is 0.818. The van der Waals surface area contributed by atoms with Gasteiger partial charge in [-0.25, -0.2) is 0 Å². The predicted molar refractivity (Wildman–Crippen MR) is 49.9 cm³/mol. The third kappa shape index (κ3) is 7.76. The van der Waals surface area contributed by atoms with E-state index in [2.05, 4.69) is 19.0 Å². The Kier molecular flexibility index (Phi) is 8.56. The molecule has 2 N–H and O–H groups in total. The molecule has 58 valence electrons. The number of hydrogen-bond acceptors (Lipinski definition) is 1. The van der Waals surface area contributed by atoms with Crippen molar-refractivity contribution in [1.29, 1.82) is 0 Å². The summed E-state index contributed by atoms with van der Waals surface area (Å²) in [4.78, 5) is 0. The standard InChI is InChI=1S/C8H18BN/c1-9-7-5-3-2-4-6-8-10/h2-3,9H,4-8,10H2,1H3/b3-2-. The lowest BCUT2D eigenvalue weighted by Crippen LogP contribution is -1.96. The second kappa shape index (κ2) is 8.76. The van der Waals surface area contributed by atoms with Crippen molar-refractivity contribution in [2.45, 2.75) is 32.4 Å². The maximum atomic E-state index is 5.34. The Morgan fingerprint density at radius 3 is 2.60 bits per heavy atom. The summed E-state index contributed by atoms with van der Waals surface area (Å²) in [6, 6.07) is 0. The smallest absolute Gasteiger partial charge is 0.117 e. The summed E-state index contributed by atoms with van der Waals surface area (Å²) in [5, 5.41) is 0. The van der Waals surface area contributed by atoms with Crippen LogP contribution in [0.15, 0.2) is 12.2 Å². The van der Waals surface area contributed by atoms with E-state index in [1.165, 1.54) is 20.0 Å². The Labute approximate surface area is 64.9 Å². The Bertz CT molecular complexity index is 71.3. The number of nitrogens with two attached hydrogens (primary N) is 1. The van der Waals surface area contributed by atoms with E-state index < -0.39 is 0 Å². The first kappa shape index (κ1) is 9.76. The van der Waals surface area contributed by atoms with Crippen LogP contribution in [0.1, 0.15) is 19.3 Å². The molecule has 0 rings (SSSR count). The number of hydrogen-bond donors (Lipinski definition) is 1. The molecule has 0 aliphatic carbocycles. The third-order valence-corrected chi connectivity index (χ3v) is 1.47. The van der Waals surface area contributed by atoms with Crippen molar-refractivity contribution in [1.82, 2.24) is 0 Å². The van der Waals surface area contributed by atoms with Gasteiger partial charge in [0.1, 0.15) is 7.28 Å². The monoisotopic (exact) mass is 139 g/mol. The van der Waals surface area contributed by atoms with Gasteiger partial charge in [-0.15, -0.1) is 0 Å². The molecular formula is C8H18BN. The normalized spacial score (nSPS) is 10.6. The fourth-order valence-electron chi connectivity index (χ4n) is 0.793. The number of rotatable bonds is 6. The van der Waals surface area contributed by atoms with E-state index in [0.717, 1.165) is 19.4 Å². The predicted octanol–water partition coefficient (Wildman–Crippen LogP) is 1.57. The Hall–Kier alpha value is -0.235. The highest BCUT2D eigenvalue weighted by atomic mass is 14.5. The highest BCUT2D eigenvalue weighted by molar-refractivity contribution is 6.33. The lowest BCUT2D eigenvalue weighted by atomic mass is 9.77. The highest BCUT2D eigenvalue weighted by Gasteiger charge is 1.80. The molecule has 10 heavy (non-hydrogen) atoms. The quantitative estimate of drug-likeness (QED) is 0.337. The minimum absolute atomic E-state index is 0.818. The molecule has 1 nitrogen and oxygen atoms in total. The van der Waals surface area contributed by atoms with Gasteiger partial charge in [-0.2, -0.15) is 0 Å². The summed E-state index contributed by atoms with van der Waals surface area (Å²) >= 11 is 0. The lowest BCUT2D eigenvalue weighted by Gasteiger charge is -1.88. The van der Waals surface area contributed by atoms with E-state index in [1.54, 1.807) is 0 Å². The zero-order valence-corrected chi connectivity index (χ0v) is 6.97. The van der Waals surface area contributed by atoms with E-state index in [0.29, 0.717) is 0 Å². The average Bonchev–Trinajstić information content (AvgIpc) is 1.97. The fraction of sp³-hybridized carbons (Fsp3) is 0.750. The first-order chi connectivity index (χ1) is 4.91. The van der Waals surface area contributed by atoms with Gasteiger partial charge in [0.2, 0.25) is 0 Å². The minimum Gasteiger partial charge on any atom is -0.330 e. The van der Waals surface area contributed by atoms with Gasteiger partial charge in [0, 0.05) is 0 Å². The molecule has 0 aromatic heterocycles. The van der Waals surface area contributed by atoms with Gasteiger partial charge in [0.15, 0.2) is 0 Å². The van der Waals surface area contributed by atoms with Crippen molar-refractivity contribution in [3.63, 3.8) is 0 Å². The van der Waals surface area contributed by atoms with Gasteiger partial charge >= 0.3 is 0 Å². The van der Waals surface area contributed by atoms with Crippen LogP contribution in [0.2, 0.25) is 13.1 Å². The largest absolute Gasteiger partial charge is 0.330 e. The van der Waals surface area contributed by atoms with Gasteiger partial charge < -0.3 is 5.73 Å². The Balaban J connectivity index is 2.89. The summed E-state index contributed by atoms with van der Waals surface area (Å²) in [6.45, 7) is 3.03. The van der Waals surface area contributed by atoms with Crippen molar-refractivity contribution >= 4 is 7.28 Å². The fourth-order valence-corrected chi connectivity index (χ4v) is 0.793. The van der Waals surface area contributed by atoms with Crippen molar-refractivity contribution in [3.8, 4) is 0 Å². The van der Waals surface area contributed by atoms with E-state index >= 15 is 0 Å². The molecule has 0 spiro atoms. The van der Waals surface area contributed by atoms with Crippen LogP contribution >= 0.6 is 0 Å². The van der Waals surface area contributed by atoms with Crippen LogP contribution in [0.4, 0.5) is 0 Å². The molecule has 0 radical (unpaired) electrons. The van der Waals surface area contributed by atoms with Crippen LogP contribution in [0.5, 0.6) is 0 Å².